The molecule has 1 aromatic carbocycles. The first kappa shape index (κ1) is 9.60. The summed E-state index contributed by atoms with van der Waals surface area (Å²) < 4.78 is 0. The Labute approximate surface area is 92.0 Å². The van der Waals surface area contributed by atoms with Gasteiger partial charge in [0.15, 0.2) is 0 Å². The van der Waals surface area contributed by atoms with Crippen molar-refractivity contribution in [2.45, 2.75) is 12.5 Å². The van der Waals surface area contributed by atoms with Crippen LogP contribution in [0.2, 0.25) is 15.1 Å². The normalized spacial score (nSPS) is 21.3. The molecule has 0 spiro atoms. The maximum absolute atomic E-state index is 6.05. The summed E-state index contributed by atoms with van der Waals surface area (Å²) in [6.45, 7) is 1.02. The highest BCUT2D eigenvalue weighted by molar-refractivity contribution is 6.44. The van der Waals surface area contributed by atoms with Crippen molar-refractivity contribution < 1.29 is 0 Å². The van der Waals surface area contributed by atoms with Gasteiger partial charge in [-0.1, -0.05) is 34.8 Å². The van der Waals surface area contributed by atoms with Crippen molar-refractivity contribution >= 4 is 34.8 Å². The van der Waals surface area contributed by atoms with Gasteiger partial charge in [0.05, 0.1) is 10.0 Å². The van der Waals surface area contributed by atoms with Crippen molar-refractivity contribution in [3.8, 4) is 0 Å². The zero-order valence-corrected chi connectivity index (χ0v) is 9.05. The zero-order chi connectivity index (χ0) is 9.42. The first-order valence-electron chi connectivity index (χ1n) is 4.07. The van der Waals surface area contributed by atoms with E-state index in [-0.39, 0.29) is 6.04 Å². The number of halogens is 3. The van der Waals surface area contributed by atoms with Gasteiger partial charge in [0.25, 0.3) is 0 Å². The molecule has 0 saturated carbocycles. The molecular formula is C9H8Cl3N. The van der Waals surface area contributed by atoms with E-state index in [0.717, 1.165) is 18.5 Å². The van der Waals surface area contributed by atoms with E-state index in [1.165, 1.54) is 0 Å². The molecule has 0 unspecified atom stereocenters. The van der Waals surface area contributed by atoms with Crippen LogP contribution >= 0.6 is 34.8 Å². The molecule has 1 fully saturated rings. The first-order valence-corrected chi connectivity index (χ1v) is 5.20. The van der Waals surface area contributed by atoms with E-state index in [9.17, 15) is 0 Å². The van der Waals surface area contributed by atoms with Crippen LogP contribution in [-0.2, 0) is 0 Å². The molecule has 70 valence electrons. The smallest absolute Gasteiger partial charge is 0.0655 e. The molecule has 0 aliphatic carbocycles. The molecule has 2 rings (SSSR count). The van der Waals surface area contributed by atoms with Crippen LogP contribution in [0.1, 0.15) is 18.0 Å². The highest BCUT2D eigenvalue weighted by atomic mass is 35.5. The standard InChI is InChI=1S/C9H8Cl3N/c10-5-1-2-6(11)9(12)8(5)7-3-4-13-7/h1-2,7,13H,3-4H2/t7-/m0/s1. The van der Waals surface area contributed by atoms with Crippen molar-refractivity contribution in [2.24, 2.45) is 0 Å². The minimum Gasteiger partial charge on any atom is -0.310 e. The summed E-state index contributed by atoms with van der Waals surface area (Å²) >= 11 is 18.0. The van der Waals surface area contributed by atoms with Crippen LogP contribution < -0.4 is 5.32 Å². The number of nitrogens with one attached hydrogen (secondary N) is 1. The summed E-state index contributed by atoms with van der Waals surface area (Å²) in [4.78, 5) is 0. The predicted octanol–water partition coefficient (Wildman–Crippen LogP) is 3.68. The molecule has 1 atom stereocenters. The molecule has 1 saturated heterocycles. The lowest BCUT2D eigenvalue weighted by Crippen LogP contribution is -2.35. The van der Waals surface area contributed by atoms with Crippen molar-refractivity contribution in [2.75, 3.05) is 6.54 Å². The van der Waals surface area contributed by atoms with Gasteiger partial charge in [-0.2, -0.15) is 0 Å². The average molecular weight is 237 g/mol. The highest BCUT2D eigenvalue weighted by Gasteiger charge is 2.24. The largest absolute Gasteiger partial charge is 0.310 e. The Morgan fingerprint density at radius 3 is 2.31 bits per heavy atom. The van der Waals surface area contributed by atoms with Crippen LogP contribution in [0.25, 0.3) is 0 Å². The summed E-state index contributed by atoms with van der Waals surface area (Å²) in [5.41, 5.74) is 0.932. The van der Waals surface area contributed by atoms with Gasteiger partial charge in [-0.25, -0.2) is 0 Å². The topological polar surface area (TPSA) is 12.0 Å². The Morgan fingerprint density at radius 1 is 1.15 bits per heavy atom. The summed E-state index contributed by atoms with van der Waals surface area (Å²) in [5, 5.41) is 5.07. The number of benzene rings is 1. The van der Waals surface area contributed by atoms with Crippen molar-refractivity contribution in [3.63, 3.8) is 0 Å². The van der Waals surface area contributed by atoms with Crippen LogP contribution in [0.3, 0.4) is 0 Å². The van der Waals surface area contributed by atoms with E-state index in [1.54, 1.807) is 12.1 Å². The fourth-order valence-electron chi connectivity index (χ4n) is 1.40. The third-order valence-corrected chi connectivity index (χ3v) is 3.40. The predicted molar refractivity (Wildman–Crippen MR) is 56.8 cm³/mol. The maximum Gasteiger partial charge on any atom is 0.0655 e. The van der Waals surface area contributed by atoms with Crippen LogP contribution in [0, 0.1) is 0 Å². The van der Waals surface area contributed by atoms with Crippen molar-refractivity contribution in [1.29, 1.82) is 0 Å². The Bertz CT molecular complexity index is 334. The van der Waals surface area contributed by atoms with Gasteiger partial charge >= 0.3 is 0 Å². The fraction of sp³-hybridized carbons (Fsp3) is 0.333. The number of hydrogen-bond donors (Lipinski definition) is 1. The Hall–Kier alpha value is 0.0500. The monoisotopic (exact) mass is 235 g/mol. The molecule has 1 aliphatic heterocycles. The quantitative estimate of drug-likeness (QED) is 0.734. The fourth-order valence-corrected chi connectivity index (χ4v) is 2.20. The van der Waals surface area contributed by atoms with E-state index in [1.807, 2.05) is 0 Å². The second kappa shape index (κ2) is 3.66. The molecule has 1 N–H and O–H groups in total. The van der Waals surface area contributed by atoms with Gasteiger partial charge in [0.1, 0.15) is 0 Å². The van der Waals surface area contributed by atoms with E-state index < -0.39 is 0 Å². The first-order chi connectivity index (χ1) is 6.20. The molecule has 0 bridgehead atoms. The lowest BCUT2D eigenvalue weighted by molar-refractivity contribution is 0.383. The molecule has 13 heavy (non-hydrogen) atoms. The molecule has 4 heteroatoms. The third-order valence-electron chi connectivity index (χ3n) is 2.25. The maximum atomic E-state index is 6.05. The van der Waals surface area contributed by atoms with Crippen LogP contribution in [0.4, 0.5) is 0 Å². The second-order valence-electron chi connectivity index (χ2n) is 3.05. The van der Waals surface area contributed by atoms with E-state index >= 15 is 0 Å². The Balaban J connectivity index is 2.46. The SMILES string of the molecule is Clc1ccc(Cl)c([C@@H]2CCN2)c1Cl. The molecule has 1 heterocycles. The summed E-state index contributed by atoms with van der Waals surface area (Å²) in [5.74, 6) is 0. The van der Waals surface area contributed by atoms with Gasteiger partial charge in [-0.3, -0.25) is 0 Å². The van der Waals surface area contributed by atoms with Crippen LogP contribution in [0.15, 0.2) is 12.1 Å². The lowest BCUT2D eigenvalue weighted by atomic mass is 9.98. The second-order valence-corrected chi connectivity index (χ2v) is 4.24. The number of rotatable bonds is 1. The Kier molecular flexibility index (Phi) is 2.70. The third kappa shape index (κ3) is 1.66. The molecule has 0 aromatic heterocycles. The van der Waals surface area contributed by atoms with Gasteiger partial charge in [0.2, 0.25) is 0 Å². The van der Waals surface area contributed by atoms with Gasteiger partial charge in [0, 0.05) is 16.6 Å². The summed E-state index contributed by atoms with van der Waals surface area (Å²) in [6, 6.07) is 3.78. The van der Waals surface area contributed by atoms with Gasteiger partial charge in [-0.15, -0.1) is 0 Å². The molecule has 1 aromatic rings. The Morgan fingerprint density at radius 2 is 1.77 bits per heavy atom. The summed E-state index contributed by atoms with van der Waals surface area (Å²) in [6.07, 6.45) is 1.07. The lowest BCUT2D eigenvalue weighted by Gasteiger charge is -2.29. The van der Waals surface area contributed by atoms with Crippen LogP contribution in [0.5, 0.6) is 0 Å². The average Bonchev–Trinajstić information content (AvgIpc) is 2.02. The van der Waals surface area contributed by atoms with Gasteiger partial charge < -0.3 is 5.32 Å². The van der Waals surface area contributed by atoms with Crippen LogP contribution in [-0.4, -0.2) is 6.54 Å². The van der Waals surface area contributed by atoms with E-state index in [2.05, 4.69) is 5.32 Å². The minimum absolute atomic E-state index is 0.277. The van der Waals surface area contributed by atoms with E-state index in [4.69, 9.17) is 34.8 Å². The number of hydrogen-bond acceptors (Lipinski definition) is 1. The minimum atomic E-state index is 0.277. The molecule has 0 amide bonds. The molecule has 1 nitrogen and oxygen atoms in total. The van der Waals surface area contributed by atoms with Gasteiger partial charge in [-0.05, 0) is 25.1 Å². The molecule has 1 aliphatic rings. The summed E-state index contributed by atoms with van der Waals surface area (Å²) in [7, 11) is 0. The van der Waals surface area contributed by atoms with E-state index in [0.29, 0.717) is 15.1 Å². The molecular weight excluding hydrogens is 228 g/mol. The highest BCUT2D eigenvalue weighted by Crippen LogP contribution is 2.38. The zero-order valence-electron chi connectivity index (χ0n) is 6.78. The van der Waals surface area contributed by atoms with Crippen molar-refractivity contribution in [3.05, 3.63) is 32.8 Å². The van der Waals surface area contributed by atoms with Crippen molar-refractivity contribution in [1.82, 2.24) is 5.32 Å². The molecule has 0 radical (unpaired) electrons.